The van der Waals surface area contributed by atoms with E-state index in [4.69, 9.17) is 15.2 Å². The summed E-state index contributed by atoms with van der Waals surface area (Å²) in [6.07, 6.45) is 3.16. The average molecular weight is 570 g/mol. The highest BCUT2D eigenvalue weighted by Crippen LogP contribution is 2.32. The number of rotatable bonds is 8. The van der Waals surface area contributed by atoms with Crippen LogP contribution in [0.2, 0.25) is 0 Å². The first-order valence-corrected chi connectivity index (χ1v) is 13.5. The monoisotopic (exact) mass is 569 g/mol. The van der Waals surface area contributed by atoms with Gasteiger partial charge in [0.1, 0.15) is 17.2 Å². The number of benzene rings is 4. The molecule has 212 valence electrons. The van der Waals surface area contributed by atoms with Crippen molar-refractivity contribution in [1.82, 2.24) is 15.3 Å². The first-order valence-electron chi connectivity index (χ1n) is 13.5. The molecule has 2 heterocycles. The molecule has 0 radical (unpaired) electrons. The van der Waals surface area contributed by atoms with Crippen molar-refractivity contribution in [2.75, 3.05) is 18.2 Å². The summed E-state index contributed by atoms with van der Waals surface area (Å²) in [4.78, 5) is 34.5. The highest BCUT2D eigenvalue weighted by Gasteiger charge is 2.13. The summed E-state index contributed by atoms with van der Waals surface area (Å²) in [7, 11) is 1.62. The van der Waals surface area contributed by atoms with Crippen LogP contribution in [0.25, 0.3) is 21.7 Å². The molecule has 0 aliphatic heterocycles. The Kier molecular flexibility index (Phi) is 7.52. The zero-order valence-corrected chi connectivity index (χ0v) is 23.2. The second-order valence-corrected chi connectivity index (χ2v) is 9.75. The van der Waals surface area contributed by atoms with E-state index in [2.05, 4.69) is 20.6 Å². The van der Waals surface area contributed by atoms with Gasteiger partial charge in [0, 0.05) is 29.4 Å². The van der Waals surface area contributed by atoms with Crippen molar-refractivity contribution in [3.63, 3.8) is 0 Å². The number of nitrogen functional groups attached to an aromatic ring is 1. The van der Waals surface area contributed by atoms with Gasteiger partial charge in [-0.1, -0.05) is 24.3 Å². The standard InChI is InChI=1S/C34H27N5O4/c1-42-24-11-14-28-31(18-24)36-16-15-32(28)43-25-12-13-26-21(17-25)5-4-6-27(26)34(41)38-20-23-10-9-22(19-37-23)33(40)39-30-8-3-2-7-29(30)35/h2-19H,20,35H2,1H3,(H,38,41)(H,39,40). The molecule has 9 nitrogen and oxygen atoms in total. The molecular formula is C34H27N5O4. The zero-order chi connectivity index (χ0) is 29.8. The van der Waals surface area contributed by atoms with Gasteiger partial charge in [-0.2, -0.15) is 0 Å². The van der Waals surface area contributed by atoms with Gasteiger partial charge in [-0.25, -0.2) is 0 Å². The van der Waals surface area contributed by atoms with Gasteiger partial charge in [0.15, 0.2) is 0 Å². The Hall–Kier alpha value is -5.96. The second kappa shape index (κ2) is 11.9. The van der Waals surface area contributed by atoms with Gasteiger partial charge in [-0.15, -0.1) is 0 Å². The number of pyridine rings is 2. The molecule has 2 amide bonds. The van der Waals surface area contributed by atoms with E-state index in [0.29, 0.717) is 39.7 Å². The third kappa shape index (κ3) is 5.91. The number of methoxy groups -OCH3 is 1. The van der Waals surface area contributed by atoms with Gasteiger partial charge in [0.05, 0.1) is 41.8 Å². The largest absolute Gasteiger partial charge is 0.497 e. The van der Waals surface area contributed by atoms with E-state index in [1.54, 1.807) is 55.8 Å². The number of nitrogens with one attached hydrogen (secondary N) is 2. The molecule has 6 rings (SSSR count). The van der Waals surface area contributed by atoms with Crippen molar-refractivity contribution in [2.45, 2.75) is 6.54 Å². The molecule has 0 saturated carbocycles. The van der Waals surface area contributed by atoms with Crippen LogP contribution in [0.5, 0.6) is 17.2 Å². The molecule has 0 bridgehead atoms. The third-order valence-electron chi connectivity index (χ3n) is 6.96. The maximum atomic E-state index is 13.2. The van der Waals surface area contributed by atoms with Gasteiger partial charge in [0.2, 0.25) is 0 Å². The Morgan fingerprint density at radius 2 is 1.65 bits per heavy atom. The normalized spacial score (nSPS) is 10.8. The van der Waals surface area contributed by atoms with Crippen LogP contribution in [0.3, 0.4) is 0 Å². The van der Waals surface area contributed by atoms with Crippen LogP contribution in [0.15, 0.2) is 109 Å². The molecule has 4 aromatic carbocycles. The average Bonchev–Trinajstić information content (AvgIpc) is 3.04. The Labute approximate surface area is 247 Å². The molecule has 0 fully saturated rings. The molecule has 0 unspecified atom stereocenters. The lowest BCUT2D eigenvalue weighted by atomic mass is 10.0. The zero-order valence-electron chi connectivity index (χ0n) is 23.2. The number of ether oxygens (including phenoxy) is 2. The molecule has 43 heavy (non-hydrogen) atoms. The first-order chi connectivity index (χ1) is 21.0. The van der Waals surface area contributed by atoms with Crippen molar-refractivity contribution in [3.05, 3.63) is 126 Å². The number of carbonyl (C=O) groups is 2. The van der Waals surface area contributed by atoms with Crippen LogP contribution >= 0.6 is 0 Å². The number of aromatic nitrogens is 2. The van der Waals surface area contributed by atoms with Crippen LogP contribution in [-0.2, 0) is 6.54 Å². The van der Waals surface area contributed by atoms with Gasteiger partial charge in [-0.3, -0.25) is 19.6 Å². The van der Waals surface area contributed by atoms with E-state index in [9.17, 15) is 9.59 Å². The molecule has 4 N–H and O–H groups in total. The van der Waals surface area contributed by atoms with Gasteiger partial charge in [-0.05, 0) is 77.5 Å². The van der Waals surface area contributed by atoms with Crippen molar-refractivity contribution >= 4 is 44.9 Å². The predicted octanol–water partition coefficient (Wildman–Crippen LogP) is 6.35. The summed E-state index contributed by atoms with van der Waals surface area (Å²) in [5, 5.41) is 8.20. The van der Waals surface area contributed by atoms with E-state index in [1.807, 2.05) is 54.6 Å². The van der Waals surface area contributed by atoms with Gasteiger partial charge < -0.3 is 25.8 Å². The van der Waals surface area contributed by atoms with E-state index in [1.165, 1.54) is 6.20 Å². The molecule has 0 spiro atoms. The summed E-state index contributed by atoms with van der Waals surface area (Å²) >= 11 is 0. The fourth-order valence-electron chi connectivity index (χ4n) is 4.70. The summed E-state index contributed by atoms with van der Waals surface area (Å²) in [5.41, 5.74) is 9.20. The third-order valence-corrected chi connectivity index (χ3v) is 6.96. The minimum atomic E-state index is -0.322. The predicted molar refractivity (Wildman–Crippen MR) is 167 cm³/mol. The Morgan fingerprint density at radius 3 is 2.47 bits per heavy atom. The van der Waals surface area contributed by atoms with Crippen molar-refractivity contribution in [1.29, 1.82) is 0 Å². The molecule has 2 aromatic heterocycles. The second-order valence-electron chi connectivity index (χ2n) is 9.75. The minimum absolute atomic E-state index is 0.198. The Morgan fingerprint density at radius 1 is 0.814 bits per heavy atom. The topological polar surface area (TPSA) is 128 Å². The molecule has 0 aliphatic carbocycles. The quantitative estimate of drug-likeness (QED) is 0.182. The van der Waals surface area contributed by atoms with Crippen LogP contribution in [0, 0.1) is 0 Å². The van der Waals surface area contributed by atoms with Crippen molar-refractivity contribution < 1.29 is 19.1 Å². The van der Waals surface area contributed by atoms with E-state index in [0.717, 1.165) is 27.4 Å². The minimum Gasteiger partial charge on any atom is -0.497 e. The number of fused-ring (bicyclic) bond motifs is 2. The van der Waals surface area contributed by atoms with Gasteiger partial charge in [0.25, 0.3) is 11.8 Å². The summed E-state index contributed by atoms with van der Waals surface area (Å²) in [5.74, 6) is 1.46. The molecule has 0 saturated heterocycles. The van der Waals surface area contributed by atoms with Crippen LogP contribution in [0.4, 0.5) is 11.4 Å². The first kappa shape index (κ1) is 27.2. The lowest BCUT2D eigenvalue weighted by molar-refractivity contribution is 0.0951. The number of anilines is 2. The van der Waals surface area contributed by atoms with Crippen molar-refractivity contribution in [3.8, 4) is 17.2 Å². The maximum absolute atomic E-state index is 13.2. The smallest absolute Gasteiger partial charge is 0.257 e. The molecule has 0 atom stereocenters. The summed E-state index contributed by atoms with van der Waals surface area (Å²) in [6, 6.07) is 29.0. The number of nitrogens with two attached hydrogens (primary N) is 1. The summed E-state index contributed by atoms with van der Waals surface area (Å²) < 4.78 is 11.5. The molecule has 9 heteroatoms. The van der Waals surface area contributed by atoms with Gasteiger partial charge >= 0.3 is 0 Å². The molecule has 6 aromatic rings. The lowest BCUT2D eigenvalue weighted by Gasteiger charge is -2.12. The number of carbonyl (C=O) groups excluding carboxylic acids is 2. The highest BCUT2D eigenvalue weighted by molar-refractivity contribution is 6.07. The Balaban J connectivity index is 1.13. The van der Waals surface area contributed by atoms with Crippen molar-refractivity contribution in [2.24, 2.45) is 0 Å². The number of hydrogen-bond acceptors (Lipinski definition) is 7. The maximum Gasteiger partial charge on any atom is 0.257 e. The van der Waals surface area contributed by atoms with E-state index < -0.39 is 0 Å². The molecular weight excluding hydrogens is 542 g/mol. The molecule has 0 aliphatic rings. The van der Waals surface area contributed by atoms with Crippen LogP contribution in [0.1, 0.15) is 26.4 Å². The fourth-order valence-corrected chi connectivity index (χ4v) is 4.70. The SMILES string of the molecule is COc1ccc2c(Oc3ccc4c(C(=O)NCc5ccc(C(=O)Nc6ccccc6N)cn5)cccc4c3)ccnc2c1. The fraction of sp³-hybridized carbons (Fsp3) is 0.0588. The number of nitrogens with zero attached hydrogens (tertiary/aromatic N) is 2. The van der Waals surface area contributed by atoms with Crippen LogP contribution in [-0.4, -0.2) is 28.9 Å². The Bertz CT molecular complexity index is 1970. The van der Waals surface area contributed by atoms with Crippen LogP contribution < -0.4 is 25.8 Å². The number of amides is 2. The number of hydrogen-bond donors (Lipinski definition) is 3. The number of para-hydroxylation sites is 2. The summed E-state index contributed by atoms with van der Waals surface area (Å²) in [6.45, 7) is 0.198. The van der Waals surface area contributed by atoms with E-state index >= 15 is 0 Å². The van der Waals surface area contributed by atoms with E-state index in [-0.39, 0.29) is 18.4 Å². The highest BCUT2D eigenvalue weighted by atomic mass is 16.5. The lowest BCUT2D eigenvalue weighted by Crippen LogP contribution is -2.23.